The second-order valence-electron chi connectivity index (χ2n) is 8.02. The molecule has 2 heterocycles. The van der Waals surface area contributed by atoms with Crippen molar-refractivity contribution in [2.75, 3.05) is 40.1 Å². The summed E-state index contributed by atoms with van der Waals surface area (Å²) in [4.78, 5) is 43.9. The standard InChI is InChI=1S/C23H28N4O7S/c1-33-18-8-6-16(7-9-18)13-19(23(30)34-2)25-21(28)20-15-26(11-12-27(20)35(3,31)32)22(29)17-5-4-10-24-14-17/h4-10,14,19-20H,11-13,15H2,1-3H3,(H,25,28)/t19-,20+/m0/s1. The van der Waals surface area contributed by atoms with E-state index in [1.165, 1.54) is 31.5 Å². The highest BCUT2D eigenvalue weighted by Crippen LogP contribution is 2.18. The third-order valence-electron chi connectivity index (χ3n) is 5.66. The third kappa shape index (κ3) is 6.55. The first-order valence-electron chi connectivity index (χ1n) is 10.8. The van der Waals surface area contributed by atoms with Gasteiger partial charge in [-0.05, 0) is 29.8 Å². The summed E-state index contributed by atoms with van der Waals surface area (Å²) in [5, 5.41) is 2.61. The van der Waals surface area contributed by atoms with Crippen LogP contribution in [0.1, 0.15) is 15.9 Å². The summed E-state index contributed by atoms with van der Waals surface area (Å²) in [6, 6.07) is 7.87. The number of rotatable bonds is 8. The number of methoxy groups -OCH3 is 2. The minimum atomic E-state index is -3.77. The number of piperazine rings is 1. The van der Waals surface area contributed by atoms with Gasteiger partial charge in [-0.25, -0.2) is 13.2 Å². The molecule has 1 saturated heterocycles. The van der Waals surface area contributed by atoms with Crippen LogP contribution in [0.15, 0.2) is 48.8 Å². The maximum Gasteiger partial charge on any atom is 0.328 e. The van der Waals surface area contributed by atoms with E-state index in [1.54, 1.807) is 36.4 Å². The molecule has 1 fully saturated rings. The lowest BCUT2D eigenvalue weighted by atomic mass is 10.0. The minimum Gasteiger partial charge on any atom is -0.497 e. The Labute approximate surface area is 204 Å². The van der Waals surface area contributed by atoms with Crippen molar-refractivity contribution in [3.8, 4) is 5.75 Å². The van der Waals surface area contributed by atoms with Gasteiger partial charge in [0.15, 0.2) is 0 Å². The molecule has 35 heavy (non-hydrogen) atoms. The molecule has 1 N–H and O–H groups in total. The lowest BCUT2D eigenvalue weighted by Crippen LogP contribution is -2.62. The molecule has 1 aromatic carbocycles. The van der Waals surface area contributed by atoms with E-state index in [2.05, 4.69) is 10.3 Å². The molecular formula is C23H28N4O7S. The predicted octanol–water partition coefficient (Wildman–Crippen LogP) is 0.0767. The van der Waals surface area contributed by atoms with Crippen LogP contribution in [0.4, 0.5) is 0 Å². The first-order valence-corrected chi connectivity index (χ1v) is 12.7. The molecule has 0 aliphatic carbocycles. The van der Waals surface area contributed by atoms with Crippen LogP contribution < -0.4 is 10.1 Å². The molecule has 2 amide bonds. The molecule has 2 atom stereocenters. The quantitative estimate of drug-likeness (QED) is 0.499. The molecule has 0 radical (unpaired) electrons. The first-order chi connectivity index (χ1) is 16.6. The Morgan fingerprint density at radius 3 is 2.43 bits per heavy atom. The van der Waals surface area contributed by atoms with Gasteiger partial charge in [-0.3, -0.25) is 14.6 Å². The number of benzene rings is 1. The Morgan fingerprint density at radius 1 is 1.14 bits per heavy atom. The van der Waals surface area contributed by atoms with Gasteiger partial charge in [-0.2, -0.15) is 4.31 Å². The zero-order valence-corrected chi connectivity index (χ0v) is 20.5. The van der Waals surface area contributed by atoms with Crippen LogP contribution in [0.5, 0.6) is 5.75 Å². The molecule has 0 bridgehead atoms. The summed E-state index contributed by atoms with van der Waals surface area (Å²) < 4.78 is 35.8. The van der Waals surface area contributed by atoms with E-state index in [-0.39, 0.29) is 32.0 Å². The van der Waals surface area contributed by atoms with Gasteiger partial charge in [0, 0.05) is 38.4 Å². The van der Waals surface area contributed by atoms with Gasteiger partial charge in [0.1, 0.15) is 17.8 Å². The fourth-order valence-electron chi connectivity index (χ4n) is 3.83. The highest BCUT2D eigenvalue weighted by Gasteiger charge is 2.40. The van der Waals surface area contributed by atoms with Gasteiger partial charge >= 0.3 is 5.97 Å². The van der Waals surface area contributed by atoms with E-state index in [1.807, 2.05) is 0 Å². The van der Waals surface area contributed by atoms with E-state index in [9.17, 15) is 22.8 Å². The number of hydrogen-bond acceptors (Lipinski definition) is 8. The van der Waals surface area contributed by atoms with E-state index in [0.717, 1.165) is 16.1 Å². The van der Waals surface area contributed by atoms with Crippen LogP contribution in [0.2, 0.25) is 0 Å². The predicted molar refractivity (Wildman–Crippen MR) is 126 cm³/mol. The molecule has 0 spiro atoms. The van der Waals surface area contributed by atoms with Crippen LogP contribution in [-0.4, -0.2) is 92.6 Å². The van der Waals surface area contributed by atoms with Gasteiger partial charge in [0.05, 0.1) is 26.0 Å². The van der Waals surface area contributed by atoms with Crippen molar-refractivity contribution < 1.29 is 32.3 Å². The second-order valence-corrected chi connectivity index (χ2v) is 9.95. The fourth-order valence-corrected chi connectivity index (χ4v) is 4.87. The molecular weight excluding hydrogens is 476 g/mol. The number of esters is 1. The Kier molecular flexibility index (Phi) is 8.41. The Bertz CT molecular complexity index is 1160. The van der Waals surface area contributed by atoms with Crippen LogP contribution >= 0.6 is 0 Å². The van der Waals surface area contributed by atoms with Gasteiger partial charge in [0.25, 0.3) is 5.91 Å². The van der Waals surface area contributed by atoms with Crippen molar-refractivity contribution in [2.45, 2.75) is 18.5 Å². The number of aromatic nitrogens is 1. The average molecular weight is 505 g/mol. The molecule has 11 nitrogen and oxygen atoms in total. The van der Waals surface area contributed by atoms with Crippen molar-refractivity contribution in [1.29, 1.82) is 0 Å². The first kappa shape index (κ1) is 26.1. The average Bonchev–Trinajstić information content (AvgIpc) is 2.87. The molecule has 0 saturated carbocycles. The Balaban J connectivity index is 1.81. The van der Waals surface area contributed by atoms with Crippen molar-refractivity contribution in [3.63, 3.8) is 0 Å². The topological polar surface area (TPSA) is 135 Å². The number of carbonyl (C=O) groups is 3. The lowest BCUT2D eigenvalue weighted by molar-refractivity contribution is -0.145. The van der Waals surface area contributed by atoms with Gasteiger partial charge in [-0.1, -0.05) is 12.1 Å². The molecule has 1 aromatic heterocycles. The van der Waals surface area contributed by atoms with Crippen molar-refractivity contribution >= 4 is 27.8 Å². The molecule has 0 unspecified atom stereocenters. The largest absolute Gasteiger partial charge is 0.497 e. The van der Waals surface area contributed by atoms with Gasteiger partial charge in [0.2, 0.25) is 15.9 Å². The number of amides is 2. The maximum absolute atomic E-state index is 13.3. The summed E-state index contributed by atoms with van der Waals surface area (Å²) in [7, 11) is -1.03. The zero-order chi connectivity index (χ0) is 25.6. The monoisotopic (exact) mass is 504 g/mol. The number of sulfonamides is 1. The molecule has 1 aliphatic rings. The summed E-state index contributed by atoms with van der Waals surface area (Å²) >= 11 is 0. The molecule has 2 aromatic rings. The number of nitrogens with zero attached hydrogens (tertiary/aromatic N) is 3. The number of nitrogens with one attached hydrogen (secondary N) is 1. The van der Waals surface area contributed by atoms with Gasteiger partial charge in [-0.15, -0.1) is 0 Å². The number of ether oxygens (including phenoxy) is 2. The molecule has 3 rings (SSSR count). The molecule has 12 heteroatoms. The number of carbonyl (C=O) groups excluding carboxylic acids is 3. The summed E-state index contributed by atoms with van der Waals surface area (Å²) in [5.41, 5.74) is 1.06. The molecule has 1 aliphatic heterocycles. The van der Waals surface area contributed by atoms with E-state index < -0.39 is 34.0 Å². The SMILES string of the molecule is COC(=O)[C@H](Cc1ccc(OC)cc1)NC(=O)[C@H]1CN(C(=O)c2cccnc2)CCN1S(C)(=O)=O. The van der Waals surface area contributed by atoms with Crippen LogP contribution in [-0.2, 0) is 30.8 Å². The smallest absolute Gasteiger partial charge is 0.328 e. The Hall–Kier alpha value is -3.51. The summed E-state index contributed by atoms with van der Waals surface area (Å²) in [6.45, 7) is -0.135. The van der Waals surface area contributed by atoms with Gasteiger partial charge < -0.3 is 19.7 Å². The van der Waals surface area contributed by atoms with Crippen molar-refractivity contribution in [2.24, 2.45) is 0 Å². The Morgan fingerprint density at radius 2 is 1.86 bits per heavy atom. The number of pyridine rings is 1. The second kappa shape index (κ2) is 11.3. The lowest BCUT2D eigenvalue weighted by Gasteiger charge is -2.39. The number of hydrogen-bond donors (Lipinski definition) is 1. The zero-order valence-electron chi connectivity index (χ0n) is 19.7. The molecule has 188 valence electrons. The fraction of sp³-hybridized carbons (Fsp3) is 0.391. The van der Waals surface area contributed by atoms with E-state index in [0.29, 0.717) is 11.3 Å². The van der Waals surface area contributed by atoms with Crippen LogP contribution in [0, 0.1) is 0 Å². The van der Waals surface area contributed by atoms with Crippen LogP contribution in [0.25, 0.3) is 0 Å². The van der Waals surface area contributed by atoms with Crippen LogP contribution in [0.3, 0.4) is 0 Å². The summed E-state index contributed by atoms with van der Waals surface area (Å²) in [5.74, 6) is -1.12. The normalized spacial score (nSPS) is 17.3. The highest BCUT2D eigenvalue weighted by molar-refractivity contribution is 7.88. The van der Waals surface area contributed by atoms with Crippen molar-refractivity contribution in [1.82, 2.24) is 19.5 Å². The van der Waals surface area contributed by atoms with E-state index >= 15 is 0 Å². The maximum atomic E-state index is 13.3. The third-order valence-corrected chi connectivity index (χ3v) is 6.95. The van der Waals surface area contributed by atoms with Crippen molar-refractivity contribution in [3.05, 3.63) is 59.9 Å². The minimum absolute atomic E-state index is 0.0652. The van der Waals surface area contributed by atoms with E-state index in [4.69, 9.17) is 9.47 Å². The summed E-state index contributed by atoms with van der Waals surface area (Å²) in [6.07, 6.45) is 4.06. The highest BCUT2D eigenvalue weighted by atomic mass is 32.2.